The first-order valence-corrected chi connectivity index (χ1v) is 5.61. The van der Waals surface area contributed by atoms with Crippen molar-refractivity contribution in [2.24, 2.45) is 5.14 Å². The molecule has 17 heavy (non-hydrogen) atoms. The summed E-state index contributed by atoms with van der Waals surface area (Å²) in [5.41, 5.74) is 4.55. The highest BCUT2D eigenvalue weighted by Gasteiger charge is 2.32. The van der Waals surface area contributed by atoms with Crippen molar-refractivity contribution in [3.05, 3.63) is 11.8 Å². The smallest absolute Gasteiger partial charge is 0.397 e. The van der Waals surface area contributed by atoms with Gasteiger partial charge >= 0.3 is 6.36 Å². The number of ether oxygens (including phenoxy) is 1. The number of anilines is 1. The van der Waals surface area contributed by atoms with Crippen molar-refractivity contribution in [1.82, 2.24) is 4.98 Å². The van der Waals surface area contributed by atoms with Crippen molar-refractivity contribution in [3.8, 4) is 5.88 Å². The summed E-state index contributed by atoms with van der Waals surface area (Å²) in [6.45, 7) is 1.15. The van der Waals surface area contributed by atoms with Gasteiger partial charge in [-0.15, -0.1) is 13.2 Å². The molecule has 1 aromatic heterocycles. The molecule has 1 heterocycles. The molecule has 0 aliphatic rings. The Labute approximate surface area is 94.4 Å². The first-order valence-electron chi connectivity index (χ1n) is 4.06. The summed E-state index contributed by atoms with van der Waals surface area (Å²) in [6.07, 6.45) is -4.94. The molecule has 0 amide bonds. The van der Waals surface area contributed by atoms with Gasteiger partial charge in [-0.05, 0) is 6.92 Å². The van der Waals surface area contributed by atoms with E-state index in [-0.39, 0.29) is 5.69 Å². The van der Waals surface area contributed by atoms with Gasteiger partial charge in [-0.3, -0.25) is 0 Å². The molecule has 1 aromatic rings. The number of nitrogens with zero attached hydrogens (tertiary/aromatic N) is 1. The summed E-state index contributed by atoms with van der Waals surface area (Å²) >= 11 is 0. The summed E-state index contributed by atoms with van der Waals surface area (Å²) in [5, 5.41) is 4.82. The van der Waals surface area contributed by atoms with Crippen LogP contribution in [0.25, 0.3) is 0 Å². The molecule has 0 radical (unpaired) electrons. The number of aryl methyl sites for hydroxylation is 1. The molecule has 0 aliphatic heterocycles. The zero-order chi connectivity index (χ0) is 13.4. The molecular formula is C7H8F3N3O3S. The minimum atomic E-state index is -4.94. The standard InChI is InChI=1S/C7H8F3N3O3S/c1-3-6(17(12,14)15)4(11)2-5(13-3)16-7(8,9)10/h2H,1H3,(H2,11,13)(H2,12,14,15). The van der Waals surface area contributed by atoms with E-state index in [9.17, 15) is 21.6 Å². The van der Waals surface area contributed by atoms with E-state index in [0.29, 0.717) is 6.07 Å². The second kappa shape index (κ2) is 4.04. The SMILES string of the molecule is Cc1nc(OC(F)(F)F)cc(N)c1S(N)(=O)=O. The summed E-state index contributed by atoms with van der Waals surface area (Å²) in [6, 6.07) is 0.639. The van der Waals surface area contributed by atoms with E-state index < -0.39 is 32.8 Å². The van der Waals surface area contributed by atoms with Crippen LogP contribution in [0.15, 0.2) is 11.0 Å². The van der Waals surface area contributed by atoms with Crippen molar-refractivity contribution in [2.45, 2.75) is 18.2 Å². The number of hydrogen-bond donors (Lipinski definition) is 2. The Morgan fingerprint density at radius 2 is 1.94 bits per heavy atom. The third-order valence-corrected chi connectivity index (χ3v) is 2.75. The van der Waals surface area contributed by atoms with Crippen LogP contribution < -0.4 is 15.6 Å². The Balaban J connectivity index is 3.29. The minimum Gasteiger partial charge on any atom is -0.397 e. The number of sulfonamides is 1. The number of rotatable bonds is 2. The summed E-state index contributed by atoms with van der Waals surface area (Å²) in [5.74, 6) is -0.847. The molecule has 96 valence electrons. The molecule has 0 saturated carbocycles. The fraction of sp³-hybridized carbons (Fsp3) is 0.286. The lowest BCUT2D eigenvalue weighted by atomic mass is 10.3. The molecule has 0 fully saturated rings. The summed E-state index contributed by atoms with van der Waals surface area (Å²) in [4.78, 5) is 2.78. The monoisotopic (exact) mass is 271 g/mol. The van der Waals surface area contributed by atoms with Crippen LogP contribution in [-0.2, 0) is 10.0 Å². The number of nitrogen functional groups attached to an aromatic ring is 1. The average molecular weight is 271 g/mol. The number of hydrogen-bond acceptors (Lipinski definition) is 5. The fourth-order valence-electron chi connectivity index (χ4n) is 1.20. The van der Waals surface area contributed by atoms with Gasteiger partial charge in [0.05, 0.1) is 11.4 Å². The lowest BCUT2D eigenvalue weighted by molar-refractivity contribution is -0.276. The van der Waals surface area contributed by atoms with Gasteiger partial charge in [-0.2, -0.15) is 0 Å². The molecule has 0 aromatic carbocycles. The number of alkyl halides is 3. The van der Waals surface area contributed by atoms with Crippen molar-refractivity contribution in [1.29, 1.82) is 0 Å². The Kier molecular flexibility index (Phi) is 3.21. The fourth-order valence-corrected chi connectivity index (χ4v) is 2.04. The molecule has 10 heteroatoms. The van der Waals surface area contributed by atoms with Crippen LogP contribution in [0.2, 0.25) is 0 Å². The molecule has 0 unspecified atom stereocenters. The van der Waals surface area contributed by atoms with E-state index in [1.165, 1.54) is 0 Å². The second-order valence-corrected chi connectivity index (χ2v) is 4.56. The van der Waals surface area contributed by atoms with Crippen molar-refractivity contribution in [3.63, 3.8) is 0 Å². The zero-order valence-electron chi connectivity index (χ0n) is 8.45. The highest BCUT2D eigenvalue weighted by atomic mass is 32.2. The van der Waals surface area contributed by atoms with Crippen LogP contribution in [-0.4, -0.2) is 19.8 Å². The molecular weight excluding hydrogens is 263 g/mol. The number of pyridine rings is 1. The molecule has 4 N–H and O–H groups in total. The number of halogens is 3. The predicted octanol–water partition coefficient (Wildman–Crippen LogP) is 0.518. The van der Waals surface area contributed by atoms with Crippen LogP contribution in [0.3, 0.4) is 0 Å². The maximum atomic E-state index is 11.9. The van der Waals surface area contributed by atoms with Crippen molar-refractivity contribution in [2.75, 3.05) is 5.73 Å². The number of primary sulfonamides is 1. The molecule has 0 saturated heterocycles. The topological polar surface area (TPSA) is 108 Å². The van der Waals surface area contributed by atoms with E-state index >= 15 is 0 Å². The molecule has 6 nitrogen and oxygen atoms in total. The molecule has 0 bridgehead atoms. The van der Waals surface area contributed by atoms with Gasteiger partial charge in [-0.1, -0.05) is 0 Å². The predicted molar refractivity (Wildman–Crippen MR) is 51.4 cm³/mol. The van der Waals surface area contributed by atoms with Crippen LogP contribution in [0, 0.1) is 6.92 Å². The maximum Gasteiger partial charge on any atom is 0.574 e. The molecule has 0 spiro atoms. The van der Waals surface area contributed by atoms with Gasteiger partial charge in [0.2, 0.25) is 15.9 Å². The Hall–Kier alpha value is -1.55. The molecule has 0 aliphatic carbocycles. The van der Waals surface area contributed by atoms with Crippen LogP contribution in [0.5, 0.6) is 5.88 Å². The minimum absolute atomic E-state index is 0.272. The highest BCUT2D eigenvalue weighted by Crippen LogP contribution is 2.27. The first-order chi connectivity index (χ1) is 7.50. The number of nitrogens with two attached hydrogens (primary N) is 2. The van der Waals surface area contributed by atoms with Gasteiger partial charge in [0.25, 0.3) is 0 Å². The Morgan fingerprint density at radius 3 is 2.29 bits per heavy atom. The Bertz CT molecular complexity index is 518. The summed E-state index contributed by atoms with van der Waals surface area (Å²) < 4.78 is 61.3. The summed E-state index contributed by atoms with van der Waals surface area (Å²) in [7, 11) is -4.15. The van der Waals surface area contributed by atoms with Crippen molar-refractivity contribution >= 4 is 15.7 Å². The van der Waals surface area contributed by atoms with E-state index in [1.807, 2.05) is 0 Å². The van der Waals surface area contributed by atoms with E-state index in [2.05, 4.69) is 9.72 Å². The van der Waals surface area contributed by atoms with Gasteiger partial charge in [0.1, 0.15) is 4.90 Å². The van der Waals surface area contributed by atoms with Crippen LogP contribution in [0.1, 0.15) is 5.69 Å². The van der Waals surface area contributed by atoms with Gasteiger partial charge in [0, 0.05) is 6.07 Å². The van der Waals surface area contributed by atoms with E-state index in [1.54, 1.807) is 0 Å². The van der Waals surface area contributed by atoms with Crippen LogP contribution in [0.4, 0.5) is 18.9 Å². The van der Waals surface area contributed by atoms with Gasteiger partial charge < -0.3 is 10.5 Å². The molecule has 1 rings (SSSR count). The van der Waals surface area contributed by atoms with Gasteiger partial charge in [-0.25, -0.2) is 18.5 Å². The van der Waals surface area contributed by atoms with Crippen LogP contribution >= 0.6 is 0 Å². The lowest BCUT2D eigenvalue weighted by Gasteiger charge is -2.11. The third-order valence-electron chi connectivity index (χ3n) is 1.65. The lowest BCUT2D eigenvalue weighted by Crippen LogP contribution is -2.20. The highest BCUT2D eigenvalue weighted by molar-refractivity contribution is 7.89. The molecule has 0 atom stereocenters. The van der Waals surface area contributed by atoms with E-state index in [0.717, 1.165) is 6.92 Å². The third kappa shape index (κ3) is 3.46. The normalized spacial score (nSPS) is 12.5. The quantitative estimate of drug-likeness (QED) is 0.815. The second-order valence-electron chi connectivity index (χ2n) is 3.06. The van der Waals surface area contributed by atoms with E-state index in [4.69, 9.17) is 10.9 Å². The average Bonchev–Trinajstić information content (AvgIpc) is 1.94. The first kappa shape index (κ1) is 13.5. The maximum absolute atomic E-state index is 11.9. The Morgan fingerprint density at radius 1 is 1.41 bits per heavy atom. The van der Waals surface area contributed by atoms with Gasteiger partial charge in [0.15, 0.2) is 0 Å². The van der Waals surface area contributed by atoms with Crippen molar-refractivity contribution < 1.29 is 26.3 Å². The number of aromatic nitrogens is 1. The zero-order valence-corrected chi connectivity index (χ0v) is 9.26. The largest absolute Gasteiger partial charge is 0.574 e.